The molecule has 1 saturated heterocycles. The summed E-state index contributed by atoms with van der Waals surface area (Å²) < 4.78 is 5.28. The highest BCUT2D eigenvalue weighted by Gasteiger charge is 2.18. The first kappa shape index (κ1) is 17.0. The number of nitrogens with one attached hydrogen (secondary N) is 1. The fourth-order valence-corrected chi connectivity index (χ4v) is 3.38. The summed E-state index contributed by atoms with van der Waals surface area (Å²) in [6.07, 6.45) is 3.69. The van der Waals surface area contributed by atoms with Gasteiger partial charge in [0.25, 0.3) is 5.91 Å². The maximum atomic E-state index is 12.5. The first-order valence-electron chi connectivity index (χ1n) is 8.59. The summed E-state index contributed by atoms with van der Waals surface area (Å²) in [6, 6.07) is 7.44. The number of rotatable bonds is 3. The molecule has 2 aliphatic heterocycles. The predicted molar refractivity (Wildman–Crippen MR) is 100 cm³/mol. The Bertz CT molecular complexity index is 953. The molecule has 134 valence electrons. The van der Waals surface area contributed by atoms with E-state index in [1.54, 1.807) is 23.2 Å². The van der Waals surface area contributed by atoms with Gasteiger partial charge in [-0.2, -0.15) is 0 Å². The average molecular weight is 371 g/mol. The van der Waals surface area contributed by atoms with Crippen molar-refractivity contribution in [3.8, 4) is 0 Å². The van der Waals surface area contributed by atoms with Gasteiger partial charge in [0, 0.05) is 29.5 Å². The van der Waals surface area contributed by atoms with Crippen molar-refractivity contribution in [3.63, 3.8) is 0 Å². The maximum Gasteiger partial charge on any atom is 0.255 e. The zero-order valence-electron chi connectivity index (χ0n) is 14.4. The van der Waals surface area contributed by atoms with Crippen molar-refractivity contribution in [2.75, 3.05) is 31.6 Å². The zero-order chi connectivity index (χ0) is 18.1. The van der Waals surface area contributed by atoms with Crippen molar-refractivity contribution >= 4 is 35.1 Å². The Labute approximate surface area is 156 Å². The number of carbonyl (C=O) groups is 1. The highest BCUT2D eigenvalue weighted by molar-refractivity contribution is 6.30. The highest BCUT2D eigenvalue weighted by atomic mass is 35.5. The Morgan fingerprint density at radius 1 is 1.31 bits per heavy atom. The normalized spacial score (nSPS) is 18.7. The number of anilines is 2. The van der Waals surface area contributed by atoms with Crippen molar-refractivity contribution in [3.05, 3.63) is 51.6 Å². The van der Waals surface area contributed by atoms with Crippen molar-refractivity contribution in [1.29, 1.82) is 0 Å². The largest absolute Gasteiger partial charge is 0.378 e. The molecule has 0 bridgehead atoms. The van der Waals surface area contributed by atoms with E-state index in [-0.39, 0.29) is 11.9 Å². The molecule has 6 nitrogen and oxygen atoms in total. The molecule has 4 rings (SSSR count). The van der Waals surface area contributed by atoms with Gasteiger partial charge in [0.05, 0.1) is 35.9 Å². The van der Waals surface area contributed by atoms with Gasteiger partial charge in [-0.15, -0.1) is 0 Å². The van der Waals surface area contributed by atoms with E-state index < -0.39 is 0 Å². The number of halogens is 1. The third kappa shape index (κ3) is 3.43. The molecule has 0 spiro atoms. The van der Waals surface area contributed by atoms with Gasteiger partial charge in [0.2, 0.25) is 0 Å². The lowest BCUT2D eigenvalue weighted by Crippen LogP contribution is -2.40. The Hall–Kier alpha value is -2.44. The molecule has 1 atom stereocenters. The van der Waals surface area contributed by atoms with Crippen LogP contribution in [0, 0.1) is 0 Å². The minimum absolute atomic E-state index is 0.0167. The van der Waals surface area contributed by atoms with Crippen LogP contribution in [-0.2, 0) is 4.74 Å². The minimum Gasteiger partial charge on any atom is -0.378 e. The van der Waals surface area contributed by atoms with Gasteiger partial charge in [-0.1, -0.05) is 11.6 Å². The number of hydrogen-bond donors (Lipinski definition) is 1. The molecule has 0 saturated carbocycles. The molecule has 0 radical (unpaired) electrons. The van der Waals surface area contributed by atoms with E-state index in [4.69, 9.17) is 16.3 Å². The van der Waals surface area contributed by atoms with Gasteiger partial charge >= 0.3 is 0 Å². The summed E-state index contributed by atoms with van der Waals surface area (Å²) in [5.41, 5.74) is 1.43. The van der Waals surface area contributed by atoms with Gasteiger partial charge in [0.15, 0.2) is 0 Å². The van der Waals surface area contributed by atoms with E-state index >= 15 is 0 Å². The van der Waals surface area contributed by atoms with Crippen molar-refractivity contribution < 1.29 is 9.53 Å². The molecule has 2 aromatic rings. The molecular formula is C19H19ClN4O2. The van der Waals surface area contributed by atoms with Crippen LogP contribution in [0.4, 0.5) is 11.5 Å². The average Bonchev–Trinajstić information content (AvgIpc) is 3.03. The Morgan fingerprint density at radius 2 is 2.12 bits per heavy atom. The second-order valence-electron chi connectivity index (χ2n) is 6.38. The van der Waals surface area contributed by atoms with Gasteiger partial charge in [-0.25, -0.2) is 4.98 Å². The van der Waals surface area contributed by atoms with E-state index in [2.05, 4.69) is 21.4 Å². The Morgan fingerprint density at radius 3 is 2.85 bits per heavy atom. The molecule has 2 aliphatic rings. The first-order valence-corrected chi connectivity index (χ1v) is 8.97. The first-order chi connectivity index (χ1) is 12.6. The third-order valence-corrected chi connectivity index (χ3v) is 4.66. The van der Waals surface area contributed by atoms with Gasteiger partial charge < -0.3 is 15.0 Å². The topological polar surface area (TPSA) is 66.8 Å². The lowest BCUT2D eigenvalue weighted by Gasteiger charge is -2.26. The number of nitrogens with zero attached hydrogens (tertiary/aromatic N) is 3. The van der Waals surface area contributed by atoms with Crippen LogP contribution >= 0.6 is 11.6 Å². The van der Waals surface area contributed by atoms with Crippen molar-refractivity contribution in [1.82, 2.24) is 9.88 Å². The molecule has 3 heterocycles. The number of benzene rings is 1. The molecule has 1 fully saturated rings. The van der Waals surface area contributed by atoms with Crippen LogP contribution in [0.2, 0.25) is 5.02 Å². The van der Waals surface area contributed by atoms with E-state index in [9.17, 15) is 4.79 Å². The highest BCUT2D eigenvalue weighted by Crippen LogP contribution is 2.16. The molecule has 1 unspecified atom stereocenters. The van der Waals surface area contributed by atoms with E-state index in [1.165, 1.54) is 0 Å². The van der Waals surface area contributed by atoms with Gasteiger partial charge in [-0.05, 0) is 37.3 Å². The number of carbonyl (C=O) groups excluding carboxylic acids is 1. The number of aromatic nitrogens is 1. The van der Waals surface area contributed by atoms with E-state index in [1.807, 2.05) is 19.1 Å². The molecule has 0 aliphatic carbocycles. The standard InChI is InChI=1S/C19H19ClN4O2/c1-12-8-15-16(22-12)9-14(20)10-17(15)23-18-3-2-13(11-21-18)19(25)24-4-6-26-7-5-24/h2-3,8-12H,4-7H2,1H3,(H,21,23). The van der Waals surface area contributed by atoms with E-state index in [0.717, 1.165) is 16.3 Å². The van der Waals surface area contributed by atoms with Gasteiger partial charge in [-0.3, -0.25) is 9.79 Å². The van der Waals surface area contributed by atoms with Crippen LogP contribution in [0.15, 0.2) is 35.5 Å². The molecule has 1 aromatic heterocycles. The molecule has 1 N–H and O–H groups in total. The summed E-state index contributed by atoms with van der Waals surface area (Å²) in [5.74, 6) is 0.637. The quantitative estimate of drug-likeness (QED) is 0.894. The SMILES string of the molecule is CC1C=c2c(Nc3ccc(C(=O)N4CCOCC4)cn3)cc(Cl)cc2=N1. The van der Waals surface area contributed by atoms with Crippen LogP contribution in [-0.4, -0.2) is 48.1 Å². The summed E-state index contributed by atoms with van der Waals surface area (Å²) in [7, 11) is 0. The van der Waals surface area contributed by atoms with Crippen molar-refractivity contribution in [2.45, 2.75) is 13.0 Å². The molecule has 1 amide bonds. The summed E-state index contributed by atoms with van der Waals surface area (Å²) in [4.78, 5) is 23.2. The van der Waals surface area contributed by atoms with Crippen LogP contribution in [0.1, 0.15) is 17.3 Å². The summed E-state index contributed by atoms with van der Waals surface area (Å²) in [6.45, 7) is 4.43. The number of pyridine rings is 1. The molecular weight excluding hydrogens is 352 g/mol. The van der Waals surface area contributed by atoms with Crippen LogP contribution in [0.5, 0.6) is 0 Å². The number of amides is 1. The summed E-state index contributed by atoms with van der Waals surface area (Å²) >= 11 is 6.20. The Kier molecular flexibility index (Phi) is 4.61. The molecule has 1 aromatic carbocycles. The smallest absolute Gasteiger partial charge is 0.255 e. The number of ether oxygens (including phenoxy) is 1. The summed E-state index contributed by atoms with van der Waals surface area (Å²) in [5, 5.41) is 5.81. The second kappa shape index (κ2) is 7.05. The van der Waals surface area contributed by atoms with Crippen LogP contribution in [0.3, 0.4) is 0 Å². The lowest BCUT2D eigenvalue weighted by atomic mass is 10.2. The van der Waals surface area contributed by atoms with Crippen LogP contribution < -0.4 is 15.9 Å². The molecule has 26 heavy (non-hydrogen) atoms. The zero-order valence-corrected chi connectivity index (χ0v) is 15.2. The number of fused-ring (bicyclic) bond motifs is 1. The predicted octanol–water partition coefficient (Wildman–Crippen LogP) is 1.75. The second-order valence-corrected chi connectivity index (χ2v) is 6.82. The fraction of sp³-hybridized carbons (Fsp3) is 0.316. The number of morpholine rings is 1. The van der Waals surface area contributed by atoms with Crippen molar-refractivity contribution in [2.24, 2.45) is 4.99 Å². The van der Waals surface area contributed by atoms with Crippen LogP contribution in [0.25, 0.3) is 6.08 Å². The molecule has 7 heteroatoms. The monoisotopic (exact) mass is 370 g/mol. The fourth-order valence-electron chi connectivity index (χ4n) is 3.17. The lowest BCUT2D eigenvalue weighted by molar-refractivity contribution is 0.0302. The maximum absolute atomic E-state index is 12.5. The minimum atomic E-state index is -0.0167. The van der Waals surface area contributed by atoms with E-state index in [0.29, 0.717) is 42.7 Å². The third-order valence-electron chi connectivity index (χ3n) is 4.45. The van der Waals surface area contributed by atoms with Gasteiger partial charge in [0.1, 0.15) is 5.82 Å². The Balaban J connectivity index is 1.55. The number of hydrogen-bond acceptors (Lipinski definition) is 5.